The molecule has 0 saturated carbocycles. The van der Waals surface area contributed by atoms with Gasteiger partial charge >= 0.3 is 5.97 Å². The lowest BCUT2D eigenvalue weighted by Gasteiger charge is -2.14. The molecule has 7 nitrogen and oxygen atoms in total. The summed E-state index contributed by atoms with van der Waals surface area (Å²) in [7, 11) is 0. The minimum absolute atomic E-state index is 0.0354. The van der Waals surface area contributed by atoms with Crippen LogP contribution in [0.25, 0.3) is 22.8 Å². The maximum Gasteiger partial charge on any atom is 0.305 e. The number of hydrogen-bond donors (Lipinski definition) is 0. The highest BCUT2D eigenvalue weighted by atomic mass is 35.5. The zero-order chi connectivity index (χ0) is 23.4. The number of rotatable bonds is 9. The molecule has 0 atom stereocenters. The molecule has 0 radical (unpaired) electrons. The van der Waals surface area contributed by atoms with Crippen LogP contribution in [-0.4, -0.2) is 40.3 Å². The second-order valence-corrected chi connectivity index (χ2v) is 8.70. The molecule has 2 aromatic carbocycles. The molecule has 0 amide bonds. The Balaban J connectivity index is 1.47. The van der Waals surface area contributed by atoms with E-state index in [1.165, 1.54) is 11.1 Å². The lowest BCUT2D eigenvalue weighted by Crippen LogP contribution is -2.19. The summed E-state index contributed by atoms with van der Waals surface area (Å²) in [5.41, 5.74) is 4.14. The van der Waals surface area contributed by atoms with E-state index in [1.54, 1.807) is 6.07 Å². The van der Waals surface area contributed by atoms with E-state index in [1.807, 2.05) is 45.0 Å². The minimum Gasteiger partial charge on any atom is -0.489 e. The molecule has 0 aliphatic carbocycles. The van der Waals surface area contributed by atoms with E-state index in [2.05, 4.69) is 21.1 Å². The number of esters is 1. The van der Waals surface area contributed by atoms with Crippen LogP contribution in [0.4, 0.5) is 0 Å². The van der Waals surface area contributed by atoms with Gasteiger partial charge in [0.15, 0.2) is 0 Å². The van der Waals surface area contributed by atoms with Crippen molar-refractivity contribution in [2.24, 2.45) is 0 Å². The van der Waals surface area contributed by atoms with Crippen molar-refractivity contribution < 1.29 is 18.8 Å². The van der Waals surface area contributed by atoms with Gasteiger partial charge in [0.25, 0.3) is 5.89 Å². The van der Waals surface area contributed by atoms with Crippen LogP contribution >= 0.6 is 11.6 Å². The fraction of sp³-hybridized carbons (Fsp3) is 0.400. The predicted molar refractivity (Wildman–Crippen MR) is 126 cm³/mol. The first-order chi connectivity index (χ1) is 15.9. The average molecular weight is 470 g/mol. The van der Waals surface area contributed by atoms with Crippen LogP contribution in [0.1, 0.15) is 44.7 Å². The van der Waals surface area contributed by atoms with Gasteiger partial charge in [-0.3, -0.25) is 9.69 Å². The molecule has 0 unspecified atom stereocenters. The number of nitrogens with zero attached hydrogens (tertiary/aromatic N) is 3. The van der Waals surface area contributed by atoms with Gasteiger partial charge in [0, 0.05) is 30.6 Å². The second kappa shape index (κ2) is 10.4. The van der Waals surface area contributed by atoms with Gasteiger partial charge in [-0.25, -0.2) is 0 Å². The van der Waals surface area contributed by atoms with Crippen molar-refractivity contribution >= 4 is 17.6 Å². The van der Waals surface area contributed by atoms with Crippen molar-refractivity contribution in [1.29, 1.82) is 0 Å². The third-order valence-electron chi connectivity index (χ3n) is 5.42. The largest absolute Gasteiger partial charge is 0.489 e. The van der Waals surface area contributed by atoms with Gasteiger partial charge < -0.3 is 14.0 Å². The minimum atomic E-state index is -0.141. The molecule has 4 rings (SSSR count). The molecule has 2 heterocycles. The third kappa shape index (κ3) is 5.54. The summed E-state index contributed by atoms with van der Waals surface area (Å²) >= 11 is 6.37. The Kier molecular flexibility index (Phi) is 7.30. The molecule has 33 heavy (non-hydrogen) atoms. The molecule has 174 valence electrons. The molecule has 0 saturated heterocycles. The molecular formula is C25H28ClN3O4. The third-order valence-corrected chi connectivity index (χ3v) is 5.71. The van der Waals surface area contributed by atoms with Gasteiger partial charge in [0.2, 0.25) is 5.82 Å². The first-order valence-corrected chi connectivity index (χ1v) is 11.6. The molecule has 8 heteroatoms. The highest BCUT2D eigenvalue weighted by Crippen LogP contribution is 2.34. The summed E-state index contributed by atoms with van der Waals surface area (Å²) in [6, 6.07) is 11.6. The Morgan fingerprint density at radius 1 is 1.24 bits per heavy atom. The fourth-order valence-corrected chi connectivity index (χ4v) is 4.20. The van der Waals surface area contributed by atoms with Crippen molar-refractivity contribution in [2.75, 3.05) is 13.2 Å². The maximum atomic E-state index is 11.6. The number of fused-ring (bicyclic) bond motifs is 1. The first kappa shape index (κ1) is 23.3. The molecule has 1 aromatic heterocycles. The van der Waals surface area contributed by atoms with Gasteiger partial charge in [-0.05, 0) is 63.1 Å². The first-order valence-electron chi connectivity index (χ1n) is 11.2. The maximum absolute atomic E-state index is 11.6. The lowest BCUT2D eigenvalue weighted by molar-refractivity contribution is -0.143. The summed E-state index contributed by atoms with van der Waals surface area (Å²) in [5.74, 6) is 1.44. The molecule has 0 bridgehead atoms. The molecular weight excluding hydrogens is 442 g/mol. The van der Waals surface area contributed by atoms with Gasteiger partial charge in [-0.2, -0.15) is 4.98 Å². The van der Waals surface area contributed by atoms with Gasteiger partial charge in [0.1, 0.15) is 5.75 Å². The molecule has 0 N–H and O–H groups in total. The fourth-order valence-electron chi connectivity index (χ4n) is 3.97. The molecule has 3 aromatic rings. The Morgan fingerprint density at radius 2 is 2.09 bits per heavy atom. The number of carbonyl (C=O) groups excluding carboxylic acids is 1. The van der Waals surface area contributed by atoms with Crippen LogP contribution < -0.4 is 4.74 Å². The quantitative estimate of drug-likeness (QED) is 0.383. The van der Waals surface area contributed by atoms with Gasteiger partial charge in [0.05, 0.1) is 17.7 Å². The number of benzene rings is 2. The van der Waals surface area contributed by atoms with Gasteiger partial charge in [-0.1, -0.05) is 35.0 Å². The predicted octanol–water partition coefficient (Wildman–Crippen LogP) is 5.50. The van der Waals surface area contributed by atoms with E-state index in [0.29, 0.717) is 35.5 Å². The summed E-state index contributed by atoms with van der Waals surface area (Å²) in [6.07, 6.45) is 1.24. The lowest BCUT2D eigenvalue weighted by atomic mass is 10.0. The zero-order valence-corrected chi connectivity index (χ0v) is 19.9. The van der Waals surface area contributed by atoms with Gasteiger partial charge in [-0.15, -0.1) is 0 Å². The van der Waals surface area contributed by atoms with E-state index in [4.69, 9.17) is 25.6 Å². The van der Waals surface area contributed by atoms with Crippen LogP contribution in [0.3, 0.4) is 0 Å². The van der Waals surface area contributed by atoms with Crippen molar-refractivity contribution in [1.82, 2.24) is 15.0 Å². The standard InChI is InChI=1S/C25H28ClN3O4/c1-4-31-23(30)9-6-12-29-14-18-7-5-8-19(20(18)15-29)24-27-25(33-28-24)17-10-11-22(21(26)13-17)32-16(2)3/h5,7-8,10-11,13,16H,4,6,9,12,14-15H2,1-3H3. The van der Waals surface area contributed by atoms with E-state index in [0.717, 1.165) is 37.2 Å². The van der Waals surface area contributed by atoms with E-state index < -0.39 is 0 Å². The molecule has 1 aliphatic rings. The molecule has 0 fully saturated rings. The van der Waals surface area contributed by atoms with Crippen LogP contribution in [0.5, 0.6) is 5.75 Å². The number of hydrogen-bond acceptors (Lipinski definition) is 7. The number of ether oxygens (including phenoxy) is 2. The van der Waals surface area contributed by atoms with Crippen molar-refractivity contribution in [3.05, 3.63) is 52.5 Å². The summed E-state index contributed by atoms with van der Waals surface area (Å²) < 4.78 is 16.3. The highest BCUT2D eigenvalue weighted by molar-refractivity contribution is 6.32. The van der Waals surface area contributed by atoms with Crippen LogP contribution in [-0.2, 0) is 22.6 Å². The second-order valence-electron chi connectivity index (χ2n) is 8.30. The van der Waals surface area contributed by atoms with Crippen molar-refractivity contribution in [2.45, 2.75) is 52.8 Å². The van der Waals surface area contributed by atoms with Crippen LogP contribution in [0, 0.1) is 0 Å². The average Bonchev–Trinajstić information content (AvgIpc) is 3.42. The Morgan fingerprint density at radius 3 is 2.85 bits per heavy atom. The SMILES string of the molecule is CCOC(=O)CCCN1Cc2cccc(-c3noc(-c4ccc(OC(C)C)c(Cl)c4)n3)c2C1. The number of halogens is 1. The molecule has 0 spiro atoms. The summed E-state index contributed by atoms with van der Waals surface area (Å²) in [6.45, 7) is 8.60. The van der Waals surface area contributed by atoms with Crippen LogP contribution in [0.2, 0.25) is 5.02 Å². The number of carbonyl (C=O) groups is 1. The normalized spacial score (nSPS) is 13.4. The zero-order valence-electron chi connectivity index (χ0n) is 19.1. The Labute approximate surface area is 198 Å². The van der Waals surface area contributed by atoms with Crippen molar-refractivity contribution in [3.63, 3.8) is 0 Å². The topological polar surface area (TPSA) is 77.7 Å². The highest BCUT2D eigenvalue weighted by Gasteiger charge is 2.24. The Hall–Kier alpha value is -2.90. The van der Waals surface area contributed by atoms with E-state index >= 15 is 0 Å². The monoisotopic (exact) mass is 469 g/mol. The van der Waals surface area contributed by atoms with E-state index in [9.17, 15) is 4.79 Å². The summed E-state index contributed by atoms with van der Waals surface area (Å²) in [4.78, 5) is 18.6. The molecule has 1 aliphatic heterocycles. The van der Waals surface area contributed by atoms with Crippen LogP contribution in [0.15, 0.2) is 40.9 Å². The Bertz CT molecular complexity index is 1130. The number of aromatic nitrogens is 2. The van der Waals surface area contributed by atoms with E-state index in [-0.39, 0.29) is 12.1 Å². The van der Waals surface area contributed by atoms with Crippen molar-refractivity contribution in [3.8, 4) is 28.6 Å². The summed E-state index contributed by atoms with van der Waals surface area (Å²) in [5, 5.41) is 4.73. The smallest absolute Gasteiger partial charge is 0.305 e.